The molecule has 0 aliphatic heterocycles. The van der Waals surface area contributed by atoms with E-state index in [1.54, 1.807) is 35.7 Å². The Labute approximate surface area is 162 Å². The van der Waals surface area contributed by atoms with Crippen LogP contribution >= 0.6 is 57.7 Å². The summed E-state index contributed by atoms with van der Waals surface area (Å²) in [6.45, 7) is 0. The van der Waals surface area contributed by atoms with Crippen molar-refractivity contribution >= 4 is 68.8 Å². The van der Waals surface area contributed by atoms with E-state index in [2.05, 4.69) is 10.3 Å². The van der Waals surface area contributed by atoms with Crippen LogP contribution in [0.2, 0.25) is 20.1 Å². The molecule has 1 heterocycles. The number of carbonyl (C=O) groups is 1. The molecule has 2 aromatic carbocycles. The van der Waals surface area contributed by atoms with Crippen LogP contribution in [0.25, 0.3) is 11.3 Å². The maximum absolute atomic E-state index is 12.3. The monoisotopic (exact) mass is 416 g/mol. The first-order valence-electron chi connectivity index (χ1n) is 6.61. The van der Waals surface area contributed by atoms with E-state index in [0.717, 1.165) is 0 Å². The van der Waals surface area contributed by atoms with Gasteiger partial charge in [-0.3, -0.25) is 10.1 Å². The summed E-state index contributed by atoms with van der Waals surface area (Å²) < 4.78 is 0. The highest BCUT2D eigenvalue weighted by molar-refractivity contribution is 7.14. The Morgan fingerprint density at radius 1 is 0.958 bits per heavy atom. The Balaban J connectivity index is 1.85. The number of hydrogen-bond donors (Lipinski definition) is 1. The zero-order valence-electron chi connectivity index (χ0n) is 11.8. The average Bonchev–Trinajstić information content (AvgIpc) is 3.00. The summed E-state index contributed by atoms with van der Waals surface area (Å²) in [5.74, 6) is -0.388. The summed E-state index contributed by atoms with van der Waals surface area (Å²) in [6, 6.07) is 9.80. The standard InChI is InChI=1S/C16H8Cl4N2OS/c17-8-1-3-12(19)10(5-8)14-7-24-16(21-14)22-15(23)11-6-9(18)2-4-13(11)20/h1-7H,(H,21,22,23). The van der Waals surface area contributed by atoms with Gasteiger partial charge >= 0.3 is 0 Å². The first kappa shape index (κ1) is 17.5. The van der Waals surface area contributed by atoms with Crippen molar-refractivity contribution in [3.63, 3.8) is 0 Å². The number of halogens is 4. The van der Waals surface area contributed by atoms with Crippen LogP contribution in [0.3, 0.4) is 0 Å². The quantitative estimate of drug-likeness (QED) is 0.516. The second-order valence-electron chi connectivity index (χ2n) is 4.74. The number of anilines is 1. The Morgan fingerprint density at radius 3 is 2.38 bits per heavy atom. The predicted octanol–water partition coefficient (Wildman–Crippen LogP) is 6.68. The van der Waals surface area contributed by atoms with Gasteiger partial charge in [0.15, 0.2) is 5.13 Å². The van der Waals surface area contributed by atoms with Gasteiger partial charge in [-0.1, -0.05) is 46.4 Å². The molecule has 0 saturated heterocycles. The first-order chi connectivity index (χ1) is 11.4. The van der Waals surface area contributed by atoms with Crippen LogP contribution in [-0.2, 0) is 0 Å². The molecular formula is C16H8Cl4N2OS. The molecule has 1 aromatic heterocycles. The molecule has 0 unspecified atom stereocenters. The Hall–Kier alpha value is -1.30. The van der Waals surface area contributed by atoms with Gasteiger partial charge in [0.05, 0.1) is 21.3 Å². The number of nitrogens with zero attached hydrogens (tertiary/aromatic N) is 1. The van der Waals surface area contributed by atoms with Crippen molar-refractivity contribution in [3.8, 4) is 11.3 Å². The summed E-state index contributed by atoms with van der Waals surface area (Å²) >= 11 is 25.4. The molecular weight excluding hydrogens is 410 g/mol. The number of nitrogens with one attached hydrogen (secondary N) is 1. The fourth-order valence-electron chi connectivity index (χ4n) is 1.98. The third-order valence-electron chi connectivity index (χ3n) is 3.10. The molecule has 0 aliphatic rings. The van der Waals surface area contributed by atoms with Crippen molar-refractivity contribution in [2.45, 2.75) is 0 Å². The van der Waals surface area contributed by atoms with Gasteiger partial charge in [0.25, 0.3) is 5.91 Å². The van der Waals surface area contributed by atoms with Crippen LogP contribution < -0.4 is 5.32 Å². The highest BCUT2D eigenvalue weighted by Gasteiger charge is 2.14. The van der Waals surface area contributed by atoms with E-state index in [9.17, 15) is 4.79 Å². The number of amides is 1. The molecule has 3 nitrogen and oxygen atoms in total. The van der Waals surface area contributed by atoms with Gasteiger partial charge < -0.3 is 0 Å². The van der Waals surface area contributed by atoms with Crippen LogP contribution in [0.4, 0.5) is 5.13 Å². The van der Waals surface area contributed by atoms with Crippen molar-refractivity contribution in [2.75, 3.05) is 5.32 Å². The SMILES string of the molecule is O=C(Nc1nc(-c2cc(Cl)ccc2Cl)cs1)c1cc(Cl)ccc1Cl. The largest absolute Gasteiger partial charge is 0.298 e. The molecule has 0 saturated carbocycles. The van der Waals surface area contributed by atoms with Crippen molar-refractivity contribution in [1.82, 2.24) is 4.98 Å². The van der Waals surface area contributed by atoms with Gasteiger partial charge in [-0.15, -0.1) is 11.3 Å². The molecule has 122 valence electrons. The topological polar surface area (TPSA) is 42.0 Å². The first-order valence-corrected chi connectivity index (χ1v) is 9.00. The molecule has 0 atom stereocenters. The zero-order valence-corrected chi connectivity index (χ0v) is 15.7. The van der Waals surface area contributed by atoms with E-state index in [0.29, 0.717) is 36.5 Å². The molecule has 0 fully saturated rings. The normalized spacial score (nSPS) is 10.7. The maximum Gasteiger partial charge on any atom is 0.259 e. The lowest BCUT2D eigenvalue weighted by molar-refractivity contribution is 0.102. The molecule has 0 aliphatic carbocycles. The number of benzene rings is 2. The number of aromatic nitrogens is 1. The lowest BCUT2D eigenvalue weighted by Crippen LogP contribution is -2.12. The lowest BCUT2D eigenvalue weighted by Gasteiger charge is -2.05. The molecule has 1 N–H and O–H groups in total. The van der Waals surface area contributed by atoms with E-state index in [4.69, 9.17) is 46.4 Å². The fraction of sp³-hybridized carbons (Fsp3) is 0. The van der Waals surface area contributed by atoms with Gasteiger partial charge in [0.1, 0.15) is 0 Å². The zero-order chi connectivity index (χ0) is 17.3. The Bertz CT molecular complexity index is 926. The van der Waals surface area contributed by atoms with Crippen molar-refractivity contribution in [1.29, 1.82) is 0 Å². The van der Waals surface area contributed by atoms with Crippen LogP contribution in [0.5, 0.6) is 0 Å². The third kappa shape index (κ3) is 3.85. The highest BCUT2D eigenvalue weighted by Crippen LogP contribution is 2.33. The second-order valence-corrected chi connectivity index (χ2v) is 7.29. The number of hydrogen-bond acceptors (Lipinski definition) is 3. The molecule has 24 heavy (non-hydrogen) atoms. The van der Waals surface area contributed by atoms with Crippen LogP contribution in [0, 0.1) is 0 Å². The number of rotatable bonds is 3. The third-order valence-corrected chi connectivity index (χ3v) is 4.99. The summed E-state index contributed by atoms with van der Waals surface area (Å²) in [7, 11) is 0. The summed E-state index contributed by atoms with van der Waals surface area (Å²) in [6.07, 6.45) is 0. The van der Waals surface area contributed by atoms with Crippen molar-refractivity contribution in [2.24, 2.45) is 0 Å². The lowest BCUT2D eigenvalue weighted by atomic mass is 10.2. The van der Waals surface area contributed by atoms with Crippen LogP contribution in [0.1, 0.15) is 10.4 Å². The van der Waals surface area contributed by atoms with E-state index in [1.165, 1.54) is 17.4 Å². The minimum atomic E-state index is -0.388. The summed E-state index contributed by atoms with van der Waals surface area (Å²) in [5.41, 5.74) is 1.60. The van der Waals surface area contributed by atoms with Gasteiger partial charge in [0.2, 0.25) is 0 Å². The molecule has 1 amide bonds. The Morgan fingerprint density at radius 2 is 1.62 bits per heavy atom. The van der Waals surface area contributed by atoms with Crippen molar-refractivity contribution < 1.29 is 4.79 Å². The van der Waals surface area contributed by atoms with Gasteiger partial charge in [-0.25, -0.2) is 4.98 Å². The minimum absolute atomic E-state index is 0.279. The molecule has 3 aromatic rings. The van der Waals surface area contributed by atoms with E-state index in [1.807, 2.05) is 0 Å². The molecule has 8 heteroatoms. The smallest absolute Gasteiger partial charge is 0.259 e. The van der Waals surface area contributed by atoms with Crippen LogP contribution in [0.15, 0.2) is 41.8 Å². The average molecular weight is 418 g/mol. The van der Waals surface area contributed by atoms with E-state index >= 15 is 0 Å². The molecule has 0 bridgehead atoms. The van der Waals surface area contributed by atoms with Crippen molar-refractivity contribution in [3.05, 3.63) is 67.4 Å². The fourth-order valence-corrected chi connectivity index (χ4v) is 3.45. The predicted molar refractivity (Wildman–Crippen MR) is 102 cm³/mol. The summed E-state index contributed by atoms with van der Waals surface area (Å²) in [4.78, 5) is 16.7. The summed E-state index contributed by atoms with van der Waals surface area (Å²) in [5, 5.41) is 6.72. The number of thiazole rings is 1. The van der Waals surface area contributed by atoms with E-state index in [-0.39, 0.29) is 11.5 Å². The van der Waals surface area contributed by atoms with E-state index < -0.39 is 0 Å². The molecule has 3 rings (SSSR count). The highest BCUT2D eigenvalue weighted by atomic mass is 35.5. The second kappa shape index (κ2) is 7.30. The number of carbonyl (C=O) groups excluding carboxylic acids is 1. The van der Waals surface area contributed by atoms with Gasteiger partial charge in [-0.2, -0.15) is 0 Å². The van der Waals surface area contributed by atoms with Gasteiger partial charge in [0, 0.05) is 21.0 Å². The molecule has 0 spiro atoms. The van der Waals surface area contributed by atoms with Crippen LogP contribution in [-0.4, -0.2) is 10.9 Å². The maximum atomic E-state index is 12.3. The minimum Gasteiger partial charge on any atom is -0.298 e. The molecule has 0 radical (unpaired) electrons. The van der Waals surface area contributed by atoms with Gasteiger partial charge in [-0.05, 0) is 36.4 Å². The Kier molecular flexibility index (Phi) is 5.33.